The van der Waals surface area contributed by atoms with Gasteiger partial charge in [0, 0.05) is 12.1 Å². The van der Waals surface area contributed by atoms with Crippen molar-refractivity contribution < 1.29 is 4.79 Å². The summed E-state index contributed by atoms with van der Waals surface area (Å²) in [4.78, 5) is 22.8. The summed E-state index contributed by atoms with van der Waals surface area (Å²) < 4.78 is 1.35. The number of aromatic nitrogens is 3. The topological polar surface area (TPSA) is 79.8 Å². The predicted octanol–water partition coefficient (Wildman–Crippen LogP) is 0.621. The van der Waals surface area contributed by atoms with E-state index >= 15 is 0 Å². The number of carbonyl (C=O) groups excluding carboxylic acids is 1. The van der Waals surface area contributed by atoms with Crippen LogP contribution in [0.1, 0.15) is 11.4 Å². The minimum Gasteiger partial charge on any atom is -0.349 e. The highest BCUT2D eigenvalue weighted by molar-refractivity contribution is 6.30. The molecule has 100 valence electrons. The second kappa shape index (κ2) is 5.71. The lowest BCUT2D eigenvalue weighted by Crippen LogP contribution is -2.27. The van der Waals surface area contributed by atoms with E-state index in [-0.39, 0.29) is 24.6 Å². The molecule has 0 radical (unpaired) electrons. The van der Waals surface area contributed by atoms with Gasteiger partial charge in [-0.1, -0.05) is 23.7 Å². The summed E-state index contributed by atoms with van der Waals surface area (Å²) in [5.74, 6) is 0.340. The van der Waals surface area contributed by atoms with Crippen LogP contribution in [0.25, 0.3) is 0 Å². The number of hydrogen-bond acceptors (Lipinski definition) is 3. The van der Waals surface area contributed by atoms with Crippen LogP contribution >= 0.6 is 11.6 Å². The fraction of sp³-hybridized carbons (Fsp3) is 0.250. The third kappa shape index (κ3) is 3.45. The second-order valence-corrected chi connectivity index (χ2v) is 4.52. The van der Waals surface area contributed by atoms with Crippen molar-refractivity contribution >= 4 is 17.5 Å². The molecule has 0 aliphatic rings. The van der Waals surface area contributed by atoms with Gasteiger partial charge in [0.05, 0.1) is 13.0 Å². The van der Waals surface area contributed by atoms with E-state index in [2.05, 4.69) is 15.5 Å². The van der Waals surface area contributed by atoms with Crippen molar-refractivity contribution in [1.82, 2.24) is 20.1 Å². The first-order valence-electron chi connectivity index (χ1n) is 5.67. The van der Waals surface area contributed by atoms with Gasteiger partial charge in [-0.2, -0.15) is 5.10 Å². The SMILES string of the molecule is Cn1c(CNC(=O)Cc2ccc(Cl)cc2)n[nH]c1=O. The van der Waals surface area contributed by atoms with Crippen molar-refractivity contribution in [3.8, 4) is 0 Å². The monoisotopic (exact) mass is 280 g/mol. The number of amides is 1. The average molecular weight is 281 g/mol. The molecule has 1 amide bonds. The summed E-state index contributed by atoms with van der Waals surface area (Å²) >= 11 is 5.76. The lowest BCUT2D eigenvalue weighted by molar-refractivity contribution is -0.120. The Labute approximate surface area is 114 Å². The van der Waals surface area contributed by atoms with Gasteiger partial charge in [0.1, 0.15) is 0 Å². The molecule has 0 fully saturated rings. The maximum atomic E-state index is 11.7. The molecule has 1 aromatic carbocycles. The molecule has 2 rings (SSSR count). The summed E-state index contributed by atoms with van der Waals surface area (Å²) in [6.07, 6.45) is 0.259. The normalized spacial score (nSPS) is 10.4. The van der Waals surface area contributed by atoms with Crippen molar-refractivity contribution in [1.29, 1.82) is 0 Å². The number of aromatic amines is 1. The van der Waals surface area contributed by atoms with Crippen molar-refractivity contribution in [2.45, 2.75) is 13.0 Å². The minimum atomic E-state index is -0.304. The smallest absolute Gasteiger partial charge is 0.343 e. The van der Waals surface area contributed by atoms with E-state index in [1.54, 1.807) is 31.3 Å². The van der Waals surface area contributed by atoms with Crippen LogP contribution in [-0.2, 0) is 24.8 Å². The number of benzene rings is 1. The van der Waals surface area contributed by atoms with Crippen LogP contribution in [0.3, 0.4) is 0 Å². The second-order valence-electron chi connectivity index (χ2n) is 4.08. The lowest BCUT2D eigenvalue weighted by Gasteiger charge is -2.04. The number of halogens is 1. The van der Waals surface area contributed by atoms with E-state index in [1.807, 2.05) is 0 Å². The standard InChI is InChI=1S/C12H13ClN4O2/c1-17-10(15-16-12(17)19)7-14-11(18)6-8-2-4-9(13)5-3-8/h2-5H,6-7H2,1H3,(H,14,18)(H,16,19). The van der Waals surface area contributed by atoms with Gasteiger partial charge in [0.15, 0.2) is 5.82 Å². The first kappa shape index (κ1) is 13.4. The van der Waals surface area contributed by atoms with Crippen LogP contribution in [0, 0.1) is 0 Å². The van der Waals surface area contributed by atoms with E-state index in [0.717, 1.165) is 5.56 Å². The summed E-state index contributed by atoms with van der Waals surface area (Å²) in [6, 6.07) is 7.07. The highest BCUT2D eigenvalue weighted by Gasteiger charge is 2.07. The highest BCUT2D eigenvalue weighted by atomic mass is 35.5. The first-order valence-corrected chi connectivity index (χ1v) is 6.05. The Hall–Kier alpha value is -2.08. The minimum absolute atomic E-state index is 0.141. The number of hydrogen-bond donors (Lipinski definition) is 2. The third-order valence-electron chi connectivity index (χ3n) is 2.69. The molecule has 0 unspecified atom stereocenters. The van der Waals surface area contributed by atoms with Crippen molar-refractivity contribution in [3.05, 3.63) is 51.2 Å². The Morgan fingerprint density at radius 2 is 2.11 bits per heavy atom. The molecule has 2 N–H and O–H groups in total. The van der Waals surface area contributed by atoms with Gasteiger partial charge in [-0.25, -0.2) is 9.89 Å². The molecule has 1 aromatic heterocycles. The fourth-order valence-electron chi connectivity index (χ4n) is 1.57. The summed E-state index contributed by atoms with van der Waals surface area (Å²) in [5.41, 5.74) is 0.569. The fourth-order valence-corrected chi connectivity index (χ4v) is 1.69. The summed E-state index contributed by atoms with van der Waals surface area (Å²) in [5, 5.41) is 9.44. The molecule has 6 nitrogen and oxygen atoms in total. The lowest BCUT2D eigenvalue weighted by atomic mass is 10.1. The molecule has 0 spiro atoms. The number of H-pyrrole nitrogens is 1. The van der Waals surface area contributed by atoms with Gasteiger partial charge < -0.3 is 5.32 Å². The van der Waals surface area contributed by atoms with E-state index in [9.17, 15) is 9.59 Å². The molecular formula is C12H13ClN4O2. The van der Waals surface area contributed by atoms with Crippen molar-refractivity contribution in [2.75, 3.05) is 0 Å². The van der Waals surface area contributed by atoms with Crippen LogP contribution < -0.4 is 11.0 Å². The Bertz CT molecular complexity index is 630. The van der Waals surface area contributed by atoms with E-state index in [1.165, 1.54) is 4.57 Å². The van der Waals surface area contributed by atoms with Gasteiger partial charge in [-0.3, -0.25) is 9.36 Å². The van der Waals surface area contributed by atoms with Gasteiger partial charge >= 0.3 is 5.69 Å². The predicted molar refractivity (Wildman–Crippen MR) is 70.8 cm³/mol. The van der Waals surface area contributed by atoms with Crippen LogP contribution in [0.15, 0.2) is 29.1 Å². The zero-order valence-corrected chi connectivity index (χ0v) is 11.1. The van der Waals surface area contributed by atoms with Crippen LogP contribution in [0.2, 0.25) is 5.02 Å². The zero-order valence-electron chi connectivity index (χ0n) is 10.3. The van der Waals surface area contributed by atoms with Crippen molar-refractivity contribution in [3.63, 3.8) is 0 Å². The first-order chi connectivity index (χ1) is 9.06. The van der Waals surface area contributed by atoms with E-state index in [4.69, 9.17) is 11.6 Å². The maximum Gasteiger partial charge on any atom is 0.343 e. The maximum absolute atomic E-state index is 11.7. The molecule has 0 bridgehead atoms. The Morgan fingerprint density at radius 1 is 1.42 bits per heavy atom. The summed E-state index contributed by atoms with van der Waals surface area (Å²) in [7, 11) is 1.59. The number of nitrogens with one attached hydrogen (secondary N) is 2. The number of carbonyl (C=O) groups is 1. The quantitative estimate of drug-likeness (QED) is 0.862. The largest absolute Gasteiger partial charge is 0.349 e. The van der Waals surface area contributed by atoms with Crippen LogP contribution in [-0.4, -0.2) is 20.7 Å². The van der Waals surface area contributed by atoms with Crippen molar-refractivity contribution in [2.24, 2.45) is 7.05 Å². The van der Waals surface area contributed by atoms with Crippen LogP contribution in [0.4, 0.5) is 0 Å². The number of nitrogens with zero attached hydrogens (tertiary/aromatic N) is 2. The Kier molecular flexibility index (Phi) is 4.01. The molecule has 1 heterocycles. The molecular weight excluding hydrogens is 268 g/mol. The van der Waals surface area contributed by atoms with E-state index in [0.29, 0.717) is 10.8 Å². The molecule has 0 aliphatic heterocycles. The molecule has 0 aliphatic carbocycles. The molecule has 19 heavy (non-hydrogen) atoms. The molecule has 0 atom stereocenters. The zero-order chi connectivity index (χ0) is 13.8. The molecule has 0 saturated carbocycles. The Balaban J connectivity index is 1.90. The Morgan fingerprint density at radius 3 is 2.68 bits per heavy atom. The highest BCUT2D eigenvalue weighted by Crippen LogP contribution is 2.09. The van der Waals surface area contributed by atoms with Gasteiger partial charge in [0.25, 0.3) is 0 Å². The molecule has 2 aromatic rings. The number of rotatable bonds is 4. The average Bonchev–Trinajstić information content (AvgIpc) is 2.70. The molecule has 7 heteroatoms. The van der Waals surface area contributed by atoms with Gasteiger partial charge in [-0.15, -0.1) is 0 Å². The van der Waals surface area contributed by atoms with E-state index < -0.39 is 0 Å². The third-order valence-corrected chi connectivity index (χ3v) is 2.95. The molecule has 0 saturated heterocycles. The summed E-state index contributed by atoms with van der Waals surface area (Å²) in [6.45, 7) is 0.210. The van der Waals surface area contributed by atoms with Crippen LogP contribution in [0.5, 0.6) is 0 Å². The van der Waals surface area contributed by atoms with Gasteiger partial charge in [0.2, 0.25) is 5.91 Å². The van der Waals surface area contributed by atoms with Gasteiger partial charge in [-0.05, 0) is 17.7 Å².